The number of alkyl halides is 2. The van der Waals surface area contributed by atoms with Crippen molar-refractivity contribution in [3.63, 3.8) is 0 Å². The van der Waals surface area contributed by atoms with Crippen LogP contribution in [0.5, 0.6) is 0 Å². The van der Waals surface area contributed by atoms with E-state index in [0.29, 0.717) is 33.7 Å². The van der Waals surface area contributed by atoms with Gasteiger partial charge in [0.2, 0.25) is 5.69 Å². The molecular weight excluding hydrogens is 976 g/mol. The van der Waals surface area contributed by atoms with Gasteiger partial charge in [0.05, 0.1) is 24.8 Å². The molecule has 0 bridgehead atoms. The molecule has 0 N–H and O–H groups in total. The summed E-state index contributed by atoms with van der Waals surface area (Å²) < 4.78 is 128. The molecule has 0 saturated heterocycles. The summed E-state index contributed by atoms with van der Waals surface area (Å²) >= 11 is 0. The van der Waals surface area contributed by atoms with Crippen molar-refractivity contribution >= 4 is 50.6 Å². The Kier molecular flexibility index (Phi) is 8.10. The van der Waals surface area contributed by atoms with E-state index >= 15 is 8.78 Å². The zero-order valence-electron chi connectivity index (χ0n) is 45.6. The maximum absolute atomic E-state index is 17.8. The minimum Gasteiger partial charge on any atom is -0.319 e. The van der Waals surface area contributed by atoms with Gasteiger partial charge in [-0.15, -0.1) is 17.0 Å². The zero-order chi connectivity index (χ0) is 52.4. The van der Waals surface area contributed by atoms with Crippen molar-refractivity contribution in [1.29, 1.82) is 0 Å². The number of hydrogen-bond acceptors (Lipinski definition) is 2. The number of para-hydroxylation sites is 3. The molecule has 0 unspecified atom stereocenters. The Morgan fingerprint density at radius 2 is 1.28 bits per heavy atom. The van der Waals surface area contributed by atoms with E-state index < -0.39 is 82.9 Å². The molecule has 1 aliphatic rings. The third-order valence-electron chi connectivity index (χ3n) is 11.3. The first-order chi connectivity index (χ1) is 34.4. The molecule has 0 atom stereocenters. The van der Waals surface area contributed by atoms with Crippen LogP contribution in [-0.4, -0.2) is 20.5 Å². The van der Waals surface area contributed by atoms with Gasteiger partial charge in [-0.3, -0.25) is 4.98 Å². The quantitative estimate of drug-likeness (QED) is 0.118. The molecule has 0 saturated carbocycles. The van der Waals surface area contributed by atoms with Crippen molar-refractivity contribution in [3.05, 3.63) is 198 Å². The molecular formula is C56H45F2N5Pt+2. The molecule has 8 heteroatoms. The Morgan fingerprint density at radius 3 is 1.92 bits per heavy atom. The van der Waals surface area contributed by atoms with Crippen molar-refractivity contribution < 1.29 is 43.6 Å². The average Bonchev–Trinajstić information content (AvgIpc) is 3.92. The van der Waals surface area contributed by atoms with Crippen LogP contribution in [0.15, 0.2) is 164 Å². The van der Waals surface area contributed by atoms with Crippen molar-refractivity contribution in [2.45, 2.75) is 58.3 Å². The molecule has 0 radical (unpaired) electrons. The van der Waals surface area contributed by atoms with Gasteiger partial charge in [-0.25, -0.2) is 13.8 Å². The molecule has 5 nitrogen and oxygen atoms in total. The minimum atomic E-state index is -3.70. The third-order valence-corrected chi connectivity index (χ3v) is 11.3. The van der Waals surface area contributed by atoms with E-state index in [-0.39, 0.29) is 60.1 Å². The number of benzene rings is 6. The fourth-order valence-electron chi connectivity index (χ4n) is 8.00. The normalized spacial score (nSPS) is 15.0. The number of nitrogens with zero attached hydrogens (tertiary/aromatic N) is 5. The predicted molar refractivity (Wildman–Crippen MR) is 253 cm³/mol. The first-order valence-corrected chi connectivity index (χ1v) is 20.4. The van der Waals surface area contributed by atoms with Gasteiger partial charge in [-0.05, 0) is 67.8 Å². The Bertz CT molecular complexity index is 3780. The summed E-state index contributed by atoms with van der Waals surface area (Å²) in [6.07, 6.45) is 5.05. The Labute approximate surface area is 401 Å². The summed E-state index contributed by atoms with van der Waals surface area (Å²) in [4.78, 5) is 9.05. The topological polar surface area (TPSA) is 36.7 Å². The first-order valence-electron chi connectivity index (χ1n) is 25.4. The molecule has 6 aromatic carbocycles. The van der Waals surface area contributed by atoms with Gasteiger partial charge in [0.25, 0.3) is 17.3 Å². The monoisotopic (exact) mass is 1030 g/mol. The third kappa shape index (κ3) is 7.43. The van der Waals surface area contributed by atoms with E-state index in [0.717, 1.165) is 16.5 Å². The fourth-order valence-corrected chi connectivity index (χ4v) is 8.00. The number of pyridine rings is 2. The second-order valence-electron chi connectivity index (χ2n) is 17.5. The van der Waals surface area contributed by atoms with Gasteiger partial charge in [-0.1, -0.05) is 154 Å². The number of halogens is 2. The minimum absolute atomic E-state index is 0. The van der Waals surface area contributed by atoms with Crippen LogP contribution < -0.4 is 9.15 Å². The number of fused-ring (bicyclic) bond motifs is 4. The number of rotatable bonds is 7. The summed E-state index contributed by atoms with van der Waals surface area (Å²) in [5.74, 6) is -3.17. The van der Waals surface area contributed by atoms with Gasteiger partial charge >= 0.3 is 27.1 Å². The van der Waals surface area contributed by atoms with Gasteiger partial charge in [-0.2, -0.15) is 18.2 Å². The molecule has 316 valence electrons. The molecule has 0 aliphatic carbocycles. The summed E-state index contributed by atoms with van der Waals surface area (Å²) in [5, 5.41) is 1.39. The zero-order valence-corrected chi connectivity index (χ0v) is 37.9. The Hall–Kier alpha value is -6.65. The second kappa shape index (κ2) is 16.2. The van der Waals surface area contributed by atoms with E-state index in [1.165, 1.54) is 39.5 Å². The van der Waals surface area contributed by atoms with E-state index in [4.69, 9.17) is 18.7 Å². The van der Waals surface area contributed by atoms with Gasteiger partial charge < -0.3 is 4.57 Å². The van der Waals surface area contributed by atoms with E-state index in [1.807, 2.05) is 43.5 Å². The molecule has 1 aliphatic heterocycles. The van der Waals surface area contributed by atoms with Gasteiger partial charge in [0.1, 0.15) is 11.5 Å². The van der Waals surface area contributed by atoms with Crippen LogP contribution in [0.1, 0.15) is 77.5 Å². The van der Waals surface area contributed by atoms with Crippen LogP contribution in [-0.2, 0) is 37.8 Å². The number of aromatic nitrogens is 3. The Morgan fingerprint density at radius 1 is 0.641 bits per heavy atom. The van der Waals surface area contributed by atoms with E-state index in [1.54, 1.807) is 55.0 Å². The molecule has 3 aromatic heterocycles. The van der Waals surface area contributed by atoms with Crippen LogP contribution in [0.2, 0.25) is 0 Å². The van der Waals surface area contributed by atoms with Crippen LogP contribution >= 0.6 is 0 Å². The molecule has 0 spiro atoms. The SMILES string of the molecule is [2H]c1c([2H])c([2H])c(-c2cccc(-c3c([2H])c([2H])c([2H])c([2H])c3[2H])c2[N+]2=C=[N+](c3[c-]c(C(F)(F)c4[c-]c5c(cc4)c4cnccc4n5-c4cc(C(C)(C)C)ccn4)cc(C(C)(C)C)c3)c3ccccc32)c([2H])c1[2H].[Pt+2]. The van der Waals surface area contributed by atoms with Crippen molar-refractivity contribution in [1.82, 2.24) is 23.7 Å². The standard InChI is InChI=1S/C56H45F2N5.Pt/c1-54(2,3)39-26-29-60-52(34-39)63-48-27-28-59-35-47(48)46-25-24-40(33-51(46)63)56(57,58)42-30-41(55(4,5)6)31-43(32-42)61-36-62(50-23-14-13-22-49(50)61)53-44(37-16-9-7-10-17-37)20-15-21-45(53)38-18-11-8-12-19-38;/h7-31,34-35H,1-6H3;/q;+2/i7D,8D,9D,10D,11D,12D,16D,17D,18D,19D;. The van der Waals surface area contributed by atoms with Gasteiger partial charge in [0, 0.05) is 36.2 Å². The predicted octanol–water partition coefficient (Wildman–Crippen LogP) is 14.1. The van der Waals surface area contributed by atoms with Crippen LogP contribution in [0.25, 0.3) is 49.9 Å². The second-order valence-corrected chi connectivity index (χ2v) is 17.5. The molecule has 0 amide bonds. The molecule has 9 aromatic rings. The summed E-state index contributed by atoms with van der Waals surface area (Å²) in [5.41, 5.74) is 1.43. The average molecular weight is 1030 g/mol. The van der Waals surface area contributed by atoms with Crippen LogP contribution in [0, 0.1) is 12.1 Å². The molecule has 64 heavy (non-hydrogen) atoms. The summed E-state index contributed by atoms with van der Waals surface area (Å²) in [6.45, 7) is 12.0. The van der Waals surface area contributed by atoms with Crippen molar-refractivity contribution in [2.75, 3.05) is 0 Å². The summed E-state index contributed by atoms with van der Waals surface area (Å²) in [6, 6.07) is 26.9. The van der Waals surface area contributed by atoms with E-state index in [9.17, 15) is 0 Å². The smallest absolute Gasteiger partial charge is 0.319 e. The maximum Gasteiger partial charge on any atom is 2.00 e. The number of hydrogen-bond donors (Lipinski definition) is 0. The van der Waals surface area contributed by atoms with Crippen molar-refractivity contribution in [2.24, 2.45) is 0 Å². The van der Waals surface area contributed by atoms with Crippen LogP contribution in [0.3, 0.4) is 0 Å². The van der Waals surface area contributed by atoms with Gasteiger partial charge in [0.15, 0.2) is 0 Å². The maximum atomic E-state index is 17.8. The molecule has 4 heterocycles. The Balaban J connectivity index is 0.00000672. The van der Waals surface area contributed by atoms with E-state index in [2.05, 4.69) is 43.9 Å². The first kappa shape index (κ1) is 32.1. The molecule has 10 rings (SSSR count). The fraction of sp³-hybridized carbons (Fsp3) is 0.161. The largest absolute Gasteiger partial charge is 2.00 e. The van der Waals surface area contributed by atoms with Crippen LogP contribution in [0.4, 0.5) is 31.5 Å². The molecule has 0 fully saturated rings. The summed E-state index contributed by atoms with van der Waals surface area (Å²) in [7, 11) is 0. The van der Waals surface area contributed by atoms with Crippen molar-refractivity contribution in [3.8, 4) is 28.1 Å².